The van der Waals surface area contributed by atoms with E-state index in [0.29, 0.717) is 30.1 Å². The van der Waals surface area contributed by atoms with Gasteiger partial charge in [0.2, 0.25) is 11.9 Å². The first kappa shape index (κ1) is 20.4. The number of nitrogens with one attached hydrogen (secondary N) is 1. The van der Waals surface area contributed by atoms with Crippen molar-refractivity contribution < 1.29 is 4.74 Å². The molecule has 8 heteroatoms. The van der Waals surface area contributed by atoms with Crippen LogP contribution in [0.1, 0.15) is 32.3 Å². The van der Waals surface area contributed by atoms with Crippen LogP contribution < -0.4 is 10.6 Å². The summed E-state index contributed by atoms with van der Waals surface area (Å²) in [4.78, 5) is 7.99. The van der Waals surface area contributed by atoms with Gasteiger partial charge in [-0.25, -0.2) is 0 Å². The van der Waals surface area contributed by atoms with Crippen LogP contribution in [0.2, 0.25) is 5.02 Å². The highest BCUT2D eigenvalue weighted by Gasteiger charge is 2.36. The fourth-order valence-electron chi connectivity index (χ4n) is 4.48. The molecule has 2 atom stereocenters. The van der Waals surface area contributed by atoms with Crippen molar-refractivity contribution in [1.29, 1.82) is 0 Å². The predicted octanol–water partition coefficient (Wildman–Crippen LogP) is 2.98. The number of rotatable bonds is 5. The van der Waals surface area contributed by atoms with Gasteiger partial charge in [0.15, 0.2) is 0 Å². The molecule has 2 saturated heterocycles. The van der Waals surface area contributed by atoms with Crippen molar-refractivity contribution in [3.63, 3.8) is 0 Å². The van der Waals surface area contributed by atoms with E-state index in [2.05, 4.69) is 51.0 Å². The molecule has 1 aromatic heterocycles. The number of aromatic amines is 1. The van der Waals surface area contributed by atoms with E-state index in [0.717, 1.165) is 56.5 Å². The largest absolute Gasteiger partial charge is 0.375 e. The molecule has 2 aromatic rings. The summed E-state index contributed by atoms with van der Waals surface area (Å²) < 4.78 is 6.25. The van der Waals surface area contributed by atoms with Crippen molar-refractivity contribution in [2.75, 3.05) is 36.9 Å². The summed E-state index contributed by atoms with van der Waals surface area (Å²) in [6.07, 6.45) is 3.48. The number of hydrogen-bond acceptors (Lipinski definition) is 6. The third-order valence-corrected chi connectivity index (χ3v) is 6.47. The maximum absolute atomic E-state index is 6.25. The fraction of sp³-hybridized carbons (Fsp3) is 0.619. The minimum Gasteiger partial charge on any atom is -0.375 e. The van der Waals surface area contributed by atoms with Crippen LogP contribution in [0.15, 0.2) is 24.3 Å². The maximum atomic E-state index is 6.25. The number of nitrogens with two attached hydrogens (primary N) is 1. The highest BCUT2D eigenvalue weighted by molar-refractivity contribution is 6.30. The molecule has 7 nitrogen and oxygen atoms in total. The Morgan fingerprint density at radius 3 is 2.55 bits per heavy atom. The Labute approximate surface area is 177 Å². The van der Waals surface area contributed by atoms with Gasteiger partial charge in [-0.3, -0.25) is 9.88 Å². The first-order valence-corrected chi connectivity index (χ1v) is 10.9. The summed E-state index contributed by atoms with van der Waals surface area (Å²) >= 11 is 6.06. The van der Waals surface area contributed by atoms with Crippen LogP contribution in [-0.4, -0.2) is 64.5 Å². The first-order chi connectivity index (χ1) is 14.0. The SMILES string of the molecule is CC(C)C1CN(C2CCN(c3nnc(N)[nH]3)CC2)C(Cc2ccc(Cl)cc2)CO1. The van der Waals surface area contributed by atoms with Crippen molar-refractivity contribution in [1.82, 2.24) is 20.1 Å². The number of H-pyrrole nitrogens is 1. The van der Waals surface area contributed by atoms with E-state index in [1.807, 2.05) is 12.1 Å². The molecule has 0 amide bonds. The lowest BCUT2D eigenvalue weighted by molar-refractivity contribution is -0.0980. The van der Waals surface area contributed by atoms with Gasteiger partial charge in [0.1, 0.15) is 0 Å². The minimum absolute atomic E-state index is 0.295. The molecular weight excluding hydrogens is 388 g/mol. The van der Waals surface area contributed by atoms with Gasteiger partial charge in [0.25, 0.3) is 0 Å². The summed E-state index contributed by atoms with van der Waals surface area (Å²) in [5, 5.41) is 8.81. The van der Waals surface area contributed by atoms with Gasteiger partial charge < -0.3 is 15.4 Å². The molecular formula is C21H31ClN6O. The number of nitrogens with zero attached hydrogens (tertiary/aromatic N) is 4. The summed E-state index contributed by atoms with van der Waals surface area (Å²) in [5.41, 5.74) is 7.00. The highest BCUT2D eigenvalue weighted by Crippen LogP contribution is 2.28. The van der Waals surface area contributed by atoms with Crippen molar-refractivity contribution >= 4 is 23.5 Å². The molecule has 0 radical (unpaired) electrons. The number of hydrogen-bond donors (Lipinski definition) is 2. The van der Waals surface area contributed by atoms with Gasteiger partial charge in [0, 0.05) is 36.7 Å². The number of benzene rings is 1. The van der Waals surface area contributed by atoms with Crippen LogP contribution in [0.3, 0.4) is 0 Å². The average molecular weight is 419 g/mol. The first-order valence-electron chi connectivity index (χ1n) is 10.5. The van der Waals surface area contributed by atoms with Crippen molar-refractivity contribution in [3.8, 4) is 0 Å². The fourth-order valence-corrected chi connectivity index (χ4v) is 4.60. The Morgan fingerprint density at radius 2 is 1.93 bits per heavy atom. The second kappa shape index (κ2) is 8.90. The van der Waals surface area contributed by atoms with E-state index < -0.39 is 0 Å². The predicted molar refractivity (Wildman–Crippen MR) is 116 cm³/mol. The number of nitrogen functional groups attached to an aromatic ring is 1. The molecule has 29 heavy (non-hydrogen) atoms. The van der Waals surface area contributed by atoms with E-state index in [4.69, 9.17) is 22.1 Å². The number of ether oxygens (including phenoxy) is 1. The molecule has 0 saturated carbocycles. The van der Waals surface area contributed by atoms with Crippen LogP contribution in [0.5, 0.6) is 0 Å². The number of aromatic nitrogens is 3. The lowest BCUT2D eigenvalue weighted by Gasteiger charge is -2.47. The molecule has 2 aliphatic rings. The molecule has 0 spiro atoms. The second-order valence-corrected chi connectivity index (χ2v) is 8.99. The summed E-state index contributed by atoms with van der Waals surface area (Å²) in [5.74, 6) is 1.67. The van der Waals surface area contributed by atoms with E-state index in [1.54, 1.807) is 0 Å². The summed E-state index contributed by atoms with van der Waals surface area (Å²) in [6.45, 7) is 8.19. The molecule has 1 aromatic carbocycles. The summed E-state index contributed by atoms with van der Waals surface area (Å²) in [7, 11) is 0. The standard InChI is InChI=1S/C21H31ClN6O/c1-14(2)19-12-28(18(13-29-19)11-15-3-5-16(22)6-4-15)17-7-9-27(10-8-17)21-24-20(23)25-26-21/h3-6,14,17-19H,7-13H2,1-2H3,(H3,23,24,25,26). The van der Waals surface area contributed by atoms with Crippen LogP contribution in [0.25, 0.3) is 0 Å². The van der Waals surface area contributed by atoms with Crippen molar-refractivity contribution in [2.45, 2.75) is 51.3 Å². The number of halogens is 1. The van der Waals surface area contributed by atoms with E-state index in [1.165, 1.54) is 5.56 Å². The Balaban J connectivity index is 1.44. The summed E-state index contributed by atoms with van der Waals surface area (Å²) in [6, 6.07) is 9.16. The Kier molecular flexibility index (Phi) is 6.27. The Bertz CT molecular complexity index is 787. The lowest BCUT2D eigenvalue weighted by Crippen LogP contribution is -2.58. The van der Waals surface area contributed by atoms with Crippen molar-refractivity contribution in [2.24, 2.45) is 5.92 Å². The smallest absolute Gasteiger partial charge is 0.226 e. The highest BCUT2D eigenvalue weighted by atomic mass is 35.5. The molecule has 3 heterocycles. The van der Waals surface area contributed by atoms with Crippen LogP contribution in [0.4, 0.5) is 11.9 Å². The quantitative estimate of drug-likeness (QED) is 0.776. The molecule has 0 aliphatic carbocycles. The molecule has 2 fully saturated rings. The molecule has 158 valence electrons. The van der Waals surface area contributed by atoms with E-state index in [9.17, 15) is 0 Å². The van der Waals surface area contributed by atoms with E-state index in [-0.39, 0.29) is 0 Å². The average Bonchev–Trinajstić information content (AvgIpc) is 3.16. The normalized spacial score (nSPS) is 24.3. The van der Waals surface area contributed by atoms with Gasteiger partial charge in [-0.1, -0.05) is 37.6 Å². The third-order valence-electron chi connectivity index (χ3n) is 6.22. The Morgan fingerprint density at radius 1 is 1.21 bits per heavy atom. The zero-order chi connectivity index (χ0) is 20.4. The van der Waals surface area contributed by atoms with Crippen LogP contribution >= 0.6 is 11.6 Å². The van der Waals surface area contributed by atoms with Gasteiger partial charge >= 0.3 is 0 Å². The van der Waals surface area contributed by atoms with Crippen LogP contribution in [-0.2, 0) is 11.2 Å². The zero-order valence-corrected chi connectivity index (χ0v) is 18.0. The van der Waals surface area contributed by atoms with Crippen molar-refractivity contribution in [3.05, 3.63) is 34.9 Å². The Hall–Kier alpha value is -1.83. The number of morpholine rings is 1. The van der Waals surface area contributed by atoms with Crippen LogP contribution in [0, 0.1) is 5.92 Å². The monoisotopic (exact) mass is 418 g/mol. The number of piperidine rings is 1. The van der Waals surface area contributed by atoms with E-state index >= 15 is 0 Å². The molecule has 2 unspecified atom stereocenters. The maximum Gasteiger partial charge on any atom is 0.226 e. The topological polar surface area (TPSA) is 83.3 Å². The third kappa shape index (κ3) is 4.85. The minimum atomic E-state index is 0.295. The van der Waals surface area contributed by atoms with Gasteiger partial charge in [0.05, 0.1) is 12.7 Å². The molecule has 2 aliphatic heterocycles. The zero-order valence-electron chi connectivity index (χ0n) is 17.2. The van der Waals surface area contributed by atoms with Gasteiger partial charge in [-0.05, 0) is 42.9 Å². The second-order valence-electron chi connectivity index (χ2n) is 8.55. The van der Waals surface area contributed by atoms with Gasteiger partial charge in [-0.2, -0.15) is 0 Å². The lowest BCUT2D eigenvalue weighted by atomic mass is 9.94. The van der Waals surface area contributed by atoms with Gasteiger partial charge in [-0.15, -0.1) is 10.2 Å². The number of anilines is 2. The molecule has 0 bridgehead atoms. The molecule has 4 rings (SSSR count). The molecule has 3 N–H and O–H groups in total.